The molecule has 17 heavy (non-hydrogen) atoms. The standard InChI is InChI=1S/C14H28N2S/c1-5-7-9-12(8-6-2)15-14-16-13(10-17-14)11(3)4/h11-13H,5-10H2,1-4H3,(H,15,16). The summed E-state index contributed by atoms with van der Waals surface area (Å²) in [6, 6.07) is 1.16. The molecule has 1 aliphatic heterocycles. The van der Waals surface area contributed by atoms with E-state index in [0.717, 1.165) is 5.75 Å². The minimum Gasteiger partial charge on any atom is -0.362 e. The van der Waals surface area contributed by atoms with Gasteiger partial charge in [-0.05, 0) is 18.8 Å². The Morgan fingerprint density at radius 1 is 1.29 bits per heavy atom. The Hall–Kier alpha value is -0.180. The van der Waals surface area contributed by atoms with Gasteiger partial charge >= 0.3 is 0 Å². The van der Waals surface area contributed by atoms with Gasteiger partial charge in [-0.25, -0.2) is 0 Å². The highest BCUT2D eigenvalue weighted by atomic mass is 32.2. The molecule has 2 atom stereocenters. The molecule has 0 radical (unpaired) electrons. The predicted octanol–water partition coefficient (Wildman–Crippen LogP) is 4.06. The van der Waals surface area contributed by atoms with Crippen LogP contribution in [0.2, 0.25) is 0 Å². The van der Waals surface area contributed by atoms with Crippen molar-refractivity contribution in [2.45, 2.75) is 71.9 Å². The van der Waals surface area contributed by atoms with E-state index in [0.29, 0.717) is 18.0 Å². The predicted molar refractivity (Wildman–Crippen MR) is 79.9 cm³/mol. The zero-order valence-electron chi connectivity index (χ0n) is 11.8. The number of rotatable bonds is 7. The molecular formula is C14H28N2S. The largest absolute Gasteiger partial charge is 0.362 e. The Kier molecular flexibility index (Phi) is 7.02. The van der Waals surface area contributed by atoms with Gasteiger partial charge in [0.15, 0.2) is 5.17 Å². The van der Waals surface area contributed by atoms with Gasteiger partial charge in [-0.15, -0.1) is 0 Å². The second kappa shape index (κ2) is 8.02. The molecule has 0 fully saturated rings. The van der Waals surface area contributed by atoms with Crippen LogP contribution in [0.5, 0.6) is 0 Å². The Labute approximate surface area is 111 Å². The zero-order valence-corrected chi connectivity index (χ0v) is 12.6. The number of aliphatic imine (C=N–C) groups is 1. The molecule has 1 N–H and O–H groups in total. The first kappa shape index (κ1) is 14.9. The molecule has 1 aliphatic rings. The molecule has 0 bridgehead atoms. The van der Waals surface area contributed by atoms with Crippen LogP contribution >= 0.6 is 11.8 Å². The Balaban J connectivity index is 2.41. The number of nitrogens with zero attached hydrogens (tertiary/aromatic N) is 1. The topological polar surface area (TPSA) is 24.4 Å². The summed E-state index contributed by atoms with van der Waals surface area (Å²) in [4.78, 5) is 4.79. The first-order chi connectivity index (χ1) is 8.17. The van der Waals surface area contributed by atoms with E-state index in [1.165, 1.54) is 37.3 Å². The van der Waals surface area contributed by atoms with Crippen LogP contribution < -0.4 is 5.32 Å². The quantitative estimate of drug-likeness (QED) is 0.743. The maximum atomic E-state index is 4.79. The van der Waals surface area contributed by atoms with Gasteiger partial charge in [0.2, 0.25) is 0 Å². The van der Waals surface area contributed by atoms with Crippen LogP contribution in [0, 0.1) is 5.92 Å². The molecule has 0 saturated carbocycles. The highest BCUT2D eigenvalue weighted by Crippen LogP contribution is 2.23. The molecule has 0 aromatic heterocycles. The molecule has 0 saturated heterocycles. The maximum absolute atomic E-state index is 4.79. The van der Waals surface area contributed by atoms with E-state index < -0.39 is 0 Å². The maximum Gasteiger partial charge on any atom is 0.157 e. The Morgan fingerprint density at radius 3 is 2.59 bits per heavy atom. The lowest BCUT2D eigenvalue weighted by Gasteiger charge is -2.18. The lowest BCUT2D eigenvalue weighted by Crippen LogP contribution is -2.32. The SMILES string of the molecule is CCCCC(CCC)NC1=NC(C(C)C)CS1. The van der Waals surface area contributed by atoms with E-state index in [1.54, 1.807) is 0 Å². The van der Waals surface area contributed by atoms with E-state index in [4.69, 9.17) is 4.99 Å². The molecule has 2 unspecified atom stereocenters. The number of unbranched alkanes of at least 4 members (excludes halogenated alkanes) is 1. The van der Waals surface area contributed by atoms with Crippen LogP contribution in [-0.2, 0) is 0 Å². The van der Waals surface area contributed by atoms with Crippen LogP contribution in [-0.4, -0.2) is 23.0 Å². The van der Waals surface area contributed by atoms with Gasteiger partial charge in [0, 0.05) is 11.8 Å². The van der Waals surface area contributed by atoms with E-state index >= 15 is 0 Å². The molecule has 0 amide bonds. The molecular weight excluding hydrogens is 228 g/mol. The van der Waals surface area contributed by atoms with Gasteiger partial charge in [0.1, 0.15) is 0 Å². The summed E-state index contributed by atoms with van der Waals surface area (Å²) in [5, 5.41) is 4.84. The van der Waals surface area contributed by atoms with Gasteiger partial charge in [-0.3, -0.25) is 4.99 Å². The highest BCUT2D eigenvalue weighted by Gasteiger charge is 2.22. The fourth-order valence-electron chi connectivity index (χ4n) is 2.07. The molecule has 0 aromatic carbocycles. The molecule has 3 heteroatoms. The molecule has 1 rings (SSSR count). The first-order valence-electron chi connectivity index (χ1n) is 7.14. The van der Waals surface area contributed by atoms with Crippen molar-refractivity contribution in [3.8, 4) is 0 Å². The van der Waals surface area contributed by atoms with Crippen LogP contribution in [0.4, 0.5) is 0 Å². The normalized spacial score (nSPS) is 21.7. The average Bonchev–Trinajstić information content (AvgIpc) is 2.75. The van der Waals surface area contributed by atoms with E-state index in [-0.39, 0.29) is 0 Å². The molecule has 1 heterocycles. The van der Waals surface area contributed by atoms with E-state index in [2.05, 4.69) is 33.0 Å². The highest BCUT2D eigenvalue weighted by molar-refractivity contribution is 8.14. The van der Waals surface area contributed by atoms with E-state index in [9.17, 15) is 0 Å². The Morgan fingerprint density at radius 2 is 2.06 bits per heavy atom. The summed E-state index contributed by atoms with van der Waals surface area (Å²) in [6.07, 6.45) is 6.43. The smallest absolute Gasteiger partial charge is 0.157 e. The number of thioether (sulfide) groups is 1. The third-order valence-electron chi connectivity index (χ3n) is 3.31. The first-order valence-corrected chi connectivity index (χ1v) is 8.13. The summed E-state index contributed by atoms with van der Waals surface area (Å²) in [5.41, 5.74) is 0. The van der Waals surface area contributed by atoms with Gasteiger partial charge < -0.3 is 5.32 Å². The van der Waals surface area contributed by atoms with Crippen molar-refractivity contribution in [2.75, 3.05) is 5.75 Å². The average molecular weight is 256 g/mol. The molecule has 0 aromatic rings. The second-order valence-electron chi connectivity index (χ2n) is 5.33. The zero-order chi connectivity index (χ0) is 12.7. The number of amidine groups is 1. The summed E-state index contributed by atoms with van der Waals surface area (Å²) >= 11 is 1.91. The molecule has 0 spiro atoms. The third-order valence-corrected chi connectivity index (χ3v) is 4.32. The van der Waals surface area contributed by atoms with Crippen LogP contribution in [0.3, 0.4) is 0 Å². The second-order valence-corrected chi connectivity index (χ2v) is 6.34. The van der Waals surface area contributed by atoms with Crippen molar-refractivity contribution >= 4 is 16.9 Å². The summed E-state index contributed by atoms with van der Waals surface area (Å²) in [5.74, 6) is 1.83. The van der Waals surface area contributed by atoms with Gasteiger partial charge in [-0.1, -0.05) is 58.7 Å². The lowest BCUT2D eigenvalue weighted by molar-refractivity contribution is 0.493. The lowest BCUT2D eigenvalue weighted by atomic mass is 10.1. The van der Waals surface area contributed by atoms with Crippen molar-refractivity contribution in [3.63, 3.8) is 0 Å². The fraction of sp³-hybridized carbons (Fsp3) is 0.929. The van der Waals surface area contributed by atoms with Crippen molar-refractivity contribution < 1.29 is 0 Å². The molecule has 0 aliphatic carbocycles. The molecule has 2 nitrogen and oxygen atoms in total. The Bertz CT molecular complexity index is 238. The van der Waals surface area contributed by atoms with Gasteiger partial charge in [-0.2, -0.15) is 0 Å². The van der Waals surface area contributed by atoms with Gasteiger partial charge in [0.05, 0.1) is 6.04 Å². The molecule has 100 valence electrons. The summed E-state index contributed by atoms with van der Waals surface area (Å²) in [6.45, 7) is 9.05. The van der Waals surface area contributed by atoms with Gasteiger partial charge in [0.25, 0.3) is 0 Å². The fourth-order valence-corrected chi connectivity index (χ4v) is 3.32. The van der Waals surface area contributed by atoms with Crippen molar-refractivity contribution in [1.82, 2.24) is 5.32 Å². The number of hydrogen-bond acceptors (Lipinski definition) is 3. The van der Waals surface area contributed by atoms with E-state index in [1.807, 2.05) is 11.8 Å². The number of hydrogen-bond donors (Lipinski definition) is 1. The van der Waals surface area contributed by atoms with Crippen molar-refractivity contribution in [2.24, 2.45) is 10.9 Å². The van der Waals surface area contributed by atoms with Crippen LogP contribution in [0.25, 0.3) is 0 Å². The minimum atomic E-state index is 0.524. The van der Waals surface area contributed by atoms with Crippen molar-refractivity contribution in [1.29, 1.82) is 0 Å². The van der Waals surface area contributed by atoms with Crippen LogP contribution in [0.1, 0.15) is 59.8 Å². The number of nitrogens with one attached hydrogen (secondary N) is 1. The third kappa shape index (κ3) is 5.33. The van der Waals surface area contributed by atoms with Crippen LogP contribution in [0.15, 0.2) is 4.99 Å². The summed E-state index contributed by atoms with van der Waals surface area (Å²) < 4.78 is 0. The van der Waals surface area contributed by atoms with Crippen molar-refractivity contribution in [3.05, 3.63) is 0 Å². The summed E-state index contributed by atoms with van der Waals surface area (Å²) in [7, 11) is 0. The minimum absolute atomic E-state index is 0.524. The monoisotopic (exact) mass is 256 g/mol.